The van der Waals surface area contributed by atoms with Crippen LogP contribution in [0.3, 0.4) is 0 Å². The number of hydrogen-bond donors (Lipinski definition) is 2. The van der Waals surface area contributed by atoms with Gasteiger partial charge in [-0.15, -0.1) is 11.3 Å². The maximum Gasteiger partial charge on any atom is 0.265 e. The molecule has 0 atom stereocenters. The van der Waals surface area contributed by atoms with Gasteiger partial charge in [0.15, 0.2) is 0 Å². The first kappa shape index (κ1) is 20.2. The van der Waals surface area contributed by atoms with Crippen molar-refractivity contribution in [2.75, 3.05) is 5.32 Å². The molecule has 0 fully saturated rings. The lowest BCUT2D eigenvalue weighted by atomic mass is 10.2. The molecule has 3 rings (SSSR count). The van der Waals surface area contributed by atoms with Crippen LogP contribution in [0.25, 0.3) is 10.4 Å². The molecule has 1 amide bonds. The zero-order valence-corrected chi connectivity index (χ0v) is 16.9. The minimum Gasteiger partial charge on any atom is -0.321 e. The maximum absolute atomic E-state index is 13.9. The average molecular weight is 419 g/mol. The normalized spacial score (nSPS) is 11.6. The van der Waals surface area contributed by atoms with Crippen molar-refractivity contribution in [3.63, 3.8) is 0 Å². The van der Waals surface area contributed by atoms with Crippen LogP contribution >= 0.6 is 11.3 Å². The summed E-state index contributed by atoms with van der Waals surface area (Å²) in [7, 11) is -3.58. The fourth-order valence-electron chi connectivity index (χ4n) is 2.55. The van der Waals surface area contributed by atoms with Crippen molar-refractivity contribution in [3.05, 3.63) is 71.4 Å². The lowest BCUT2D eigenvalue weighted by Crippen LogP contribution is -2.30. The molecule has 2 N–H and O–H groups in total. The summed E-state index contributed by atoms with van der Waals surface area (Å²) in [4.78, 5) is 13.7. The highest BCUT2D eigenvalue weighted by molar-refractivity contribution is 7.89. The van der Waals surface area contributed by atoms with Gasteiger partial charge in [0.1, 0.15) is 5.82 Å². The second-order valence-electron chi connectivity index (χ2n) is 6.40. The Bertz CT molecular complexity index is 1090. The smallest absolute Gasteiger partial charge is 0.265 e. The van der Waals surface area contributed by atoms with Gasteiger partial charge in [0.2, 0.25) is 10.0 Å². The predicted octanol–water partition coefficient (Wildman–Crippen LogP) is 4.49. The van der Waals surface area contributed by atoms with E-state index < -0.39 is 10.0 Å². The summed E-state index contributed by atoms with van der Waals surface area (Å²) in [5.41, 5.74) is 0.910. The van der Waals surface area contributed by atoms with Gasteiger partial charge >= 0.3 is 0 Å². The van der Waals surface area contributed by atoms with Crippen molar-refractivity contribution in [1.82, 2.24) is 4.72 Å². The number of nitrogens with one attached hydrogen (secondary N) is 2. The topological polar surface area (TPSA) is 75.3 Å². The summed E-state index contributed by atoms with van der Waals surface area (Å²) in [6, 6.07) is 15.4. The molecule has 0 aliphatic carbocycles. The van der Waals surface area contributed by atoms with Gasteiger partial charge in [-0.05, 0) is 56.3 Å². The Morgan fingerprint density at radius 2 is 1.68 bits per heavy atom. The minimum absolute atomic E-state index is 0.122. The molecule has 0 aliphatic rings. The Hall–Kier alpha value is -2.55. The zero-order valence-electron chi connectivity index (χ0n) is 15.3. The van der Waals surface area contributed by atoms with Crippen LogP contribution in [-0.2, 0) is 10.0 Å². The average Bonchev–Trinajstić information content (AvgIpc) is 3.11. The Kier molecular flexibility index (Phi) is 5.93. The number of thiophene rings is 1. The van der Waals surface area contributed by atoms with Crippen LogP contribution < -0.4 is 10.0 Å². The number of halogens is 1. The van der Waals surface area contributed by atoms with Gasteiger partial charge in [-0.1, -0.05) is 18.2 Å². The van der Waals surface area contributed by atoms with Crippen LogP contribution in [0.1, 0.15) is 23.5 Å². The van der Waals surface area contributed by atoms with Crippen molar-refractivity contribution in [1.29, 1.82) is 0 Å². The van der Waals surface area contributed by atoms with E-state index in [4.69, 9.17) is 0 Å². The standard InChI is InChI=1S/C20H19FN2O3S2/c1-13(2)23-28(25,26)15-9-7-14(8-10-15)22-20(24)19-12-11-18(27-19)16-5-3-4-6-17(16)21/h3-13,23H,1-2H3,(H,22,24). The largest absolute Gasteiger partial charge is 0.321 e. The summed E-state index contributed by atoms with van der Waals surface area (Å²) in [6.07, 6.45) is 0. The number of benzene rings is 2. The van der Waals surface area contributed by atoms with E-state index in [1.54, 1.807) is 44.2 Å². The molecule has 0 saturated carbocycles. The molecule has 146 valence electrons. The quantitative estimate of drug-likeness (QED) is 0.619. The monoisotopic (exact) mass is 418 g/mol. The van der Waals surface area contributed by atoms with Crippen LogP contribution in [0.4, 0.5) is 10.1 Å². The van der Waals surface area contributed by atoms with E-state index in [0.29, 0.717) is 21.0 Å². The third-order valence-corrected chi connectivity index (χ3v) is 6.57. The van der Waals surface area contributed by atoms with Crippen LogP contribution in [0.5, 0.6) is 0 Å². The molecule has 0 radical (unpaired) electrons. The number of carbonyl (C=O) groups is 1. The number of hydrogen-bond acceptors (Lipinski definition) is 4. The molecule has 0 aliphatic heterocycles. The highest BCUT2D eigenvalue weighted by Gasteiger charge is 2.16. The van der Waals surface area contributed by atoms with Gasteiger partial charge < -0.3 is 5.32 Å². The van der Waals surface area contributed by atoms with Crippen LogP contribution in [0, 0.1) is 5.82 Å². The van der Waals surface area contributed by atoms with E-state index in [0.717, 1.165) is 0 Å². The number of anilines is 1. The SMILES string of the molecule is CC(C)NS(=O)(=O)c1ccc(NC(=O)c2ccc(-c3ccccc3F)s2)cc1. The molecule has 0 spiro atoms. The number of rotatable bonds is 6. The molecule has 0 unspecified atom stereocenters. The molecule has 1 aromatic heterocycles. The van der Waals surface area contributed by atoms with Crippen molar-refractivity contribution in [3.8, 4) is 10.4 Å². The molecule has 28 heavy (non-hydrogen) atoms. The van der Waals surface area contributed by atoms with E-state index >= 15 is 0 Å². The summed E-state index contributed by atoms with van der Waals surface area (Å²) >= 11 is 1.18. The van der Waals surface area contributed by atoms with Crippen molar-refractivity contribution in [2.45, 2.75) is 24.8 Å². The third kappa shape index (κ3) is 4.64. The second-order valence-corrected chi connectivity index (χ2v) is 9.20. The summed E-state index contributed by atoms with van der Waals surface area (Å²) < 4.78 is 40.7. The first-order valence-corrected chi connectivity index (χ1v) is 10.8. The van der Waals surface area contributed by atoms with Crippen molar-refractivity contribution in [2.24, 2.45) is 0 Å². The fourth-order valence-corrected chi connectivity index (χ4v) is 4.73. The number of amides is 1. The van der Waals surface area contributed by atoms with Crippen LogP contribution in [-0.4, -0.2) is 20.4 Å². The summed E-state index contributed by atoms with van der Waals surface area (Å²) in [6.45, 7) is 3.48. The van der Waals surface area contributed by atoms with Gasteiger partial charge in [-0.3, -0.25) is 4.79 Å². The fraction of sp³-hybridized carbons (Fsp3) is 0.150. The summed E-state index contributed by atoms with van der Waals surface area (Å²) in [5.74, 6) is -0.688. The highest BCUT2D eigenvalue weighted by Crippen LogP contribution is 2.30. The highest BCUT2D eigenvalue weighted by atomic mass is 32.2. The third-order valence-electron chi connectivity index (χ3n) is 3.78. The summed E-state index contributed by atoms with van der Waals surface area (Å²) in [5, 5.41) is 2.72. The molecule has 0 saturated heterocycles. The van der Waals surface area contributed by atoms with E-state index in [-0.39, 0.29) is 22.7 Å². The molecule has 1 heterocycles. The van der Waals surface area contributed by atoms with Gasteiger partial charge in [-0.25, -0.2) is 17.5 Å². The van der Waals surface area contributed by atoms with E-state index in [2.05, 4.69) is 10.0 Å². The molecular formula is C20H19FN2O3S2. The first-order valence-electron chi connectivity index (χ1n) is 8.55. The molecule has 2 aromatic carbocycles. The number of sulfonamides is 1. The van der Waals surface area contributed by atoms with Crippen LogP contribution in [0.2, 0.25) is 0 Å². The Labute approximate surface area is 167 Å². The molecule has 8 heteroatoms. The molecule has 5 nitrogen and oxygen atoms in total. The molecule has 0 bridgehead atoms. The lowest BCUT2D eigenvalue weighted by molar-refractivity contribution is 0.103. The first-order chi connectivity index (χ1) is 13.3. The lowest BCUT2D eigenvalue weighted by Gasteiger charge is -2.10. The van der Waals surface area contributed by atoms with E-state index in [1.807, 2.05) is 0 Å². The maximum atomic E-state index is 13.9. The zero-order chi connectivity index (χ0) is 20.3. The molecule has 3 aromatic rings. The van der Waals surface area contributed by atoms with Crippen LogP contribution in [0.15, 0.2) is 65.6 Å². The minimum atomic E-state index is -3.58. The van der Waals surface area contributed by atoms with Crippen molar-refractivity contribution >= 4 is 33.0 Å². The Morgan fingerprint density at radius 1 is 1.00 bits per heavy atom. The van der Waals surface area contributed by atoms with Gasteiger partial charge in [0.25, 0.3) is 5.91 Å². The van der Waals surface area contributed by atoms with Gasteiger partial charge in [0, 0.05) is 22.2 Å². The molecular weight excluding hydrogens is 399 g/mol. The van der Waals surface area contributed by atoms with E-state index in [1.165, 1.54) is 41.7 Å². The van der Waals surface area contributed by atoms with Crippen molar-refractivity contribution < 1.29 is 17.6 Å². The van der Waals surface area contributed by atoms with Gasteiger partial charge in [-0.2, -0.15) is 0 Å². The number of carbonyl (C=O) groups excluding carboxylic acids is 1. The van der Waals surface area contributed by atoms with E-state index in [9.17, 15) is 17.6 Å². The Morgan fingerprint density at radius 3 is 2.32 bits per heavy atom. The Balaban J connectivity index is 1.73. The van der Waals surface area contributed by atoms with Gasteiger partial charge in [0.05, 0.1) is 9.77 Å². The predicted molar refractivity (Wildman–Crippen MR) is 110 cm³/mol. The second kappa shape index (κ2) is 8.22.